The fourth-order valence-electron chi connectivity index (χ4n) is 1.89. The monoisotopic (exact) mass is 335 g/mol. The van der Waals surface area contributed by atoms with Crippen molar-refractivity contribution in [2.75, 3.05) is 5.75 Å². The molecule has 0 amide bonds. The van der Waals surface area contributed by atoms with Crippen LogP contribution in [0.5, 0.6) is 0 Å². The highest BCUT2D eigenvalue weighted by atomic mass is 35.5. The van der Waals surface area contributed by atoms with Gasteiger partial charge < -0.3 is 0 Å². The van der Waals surface area contributed by atoms with Gasteiger partial charge in [-0.3, -0.25) is 4.57 Å². The van der Waals surface area contributed by atoms with Crippen LogP contribution in [0, 0.1) is 12.3 Å². The second kappa shape index (κ2) is 7.34. The third kappa shape index (κ3) is 3.62. The lowest BCUT2D eigenvalue weighted by atomic mass is 10.2. The molecule has 0 aliphatic carbocycles. The van der Waals surface area contributed by atoms with Crippen molar-refractivity contribution in [1.29, 1.82) is 0 Å². The van der Waals surface area contributed by atoms with Crippen LogP contribution in [0.2, 0.25) is 5.02 Å². The zero-order chi connectivity index (χ0) is 16.1. The van der Waals surface area contributed by atoms with Gasteiger partial charge in [0.05, 0.1) is 13.1 Å². The van der Waals surface area contributed by atoms with E-state index in [1.807, 2.05) is 19.1 Å². The van der Waals surface area contributed by atoms with E-state index in [1.54, 1.807) is 12.1 Å². The van der Waals surface area contributed by atoms with Crippen LogP contribution in [0.3, 0.4) is 0 Å². The predicted octanol–water partition coefficient (Wildman–Crippen LogP) is 1.85. The number of hydrogen-bond acceptors (Lipinski definition) is 4. The molecule has 0 radical (unpaired) electrons. The minimum Gasteiger partial charge on any atom is -0.268 e. The molecule has 0 atom stereocenters. The molecule has 1 aromatic carbocycles. The SMILES string of the molecule is C#CCn1c(=O)nc(SCC)n(Cc2ccc(Cl)cc2)c1=O. The Labute approximate surface area is 137 Å². The fourth-order valence-corrected chi connectivity index (χ4v) is 2.71. The lowest BCUT2D eigenvalue weighted by molar-refractivity contribution is 0.534. The average molecular weight is 336 g/mol. The zero-order valence-electron chi connectivity index (χ0n) is 12.0. The molecule has 0 bridgehead atoms. The molecule has 0 saturated carbocycles. The van der Waals surface area contributed by atoms with E-state index in [4.69, 9.17) is 18.0 Å². The largest absolute Gasteiger partial charge is 0.354 e. The second-order valence-electron chi connectivity index (χ2n) is 4.40. The molecule has 5 nitrogen and oxygen atoms in total. The van der Waals surface area contributed by atoms with E-state index in [-0.39, 0.29) is 6.54 Å². The minimum absolute atomic E-state index is 0.0949. The highest BCUT2D eigenvalue weighted by molar-refractivity contribution is 7.99. The summed E-state index contributed by atoms with van der Waals surface area (Å²) >= 11 is 7.20. The Hall–Kier alpha value is -1.97. The lowest BCUT2D eigenvalue weighted by Gasteiger charge is -2.12. The maximum atomic E-state index is 12.5. The summed E-state index contributed by atoms with van der Waals surface area (Å²) in [7, 11) is 0. The smallest absolute Gasteiger partial charge is 0.268 e. The van der Waals surface area contributed by atoms with Crippen molar-refractivity contribution >= 4 is 23.4 Å². The van der Waals surface area contributed by atoms with Crippen molar-refractivity contribution < 1.29 is 0 Å². The van der Waals surface area contributed by atoms with Gasteiger partial charge in [0.1, 0.15) is 0 Å². The predicted molar refractivity (Wildman–Crippen MR) is 88.5 cm³/mol. The van der Waals surface area contributed by atoms with E-state index in [1.165, 1.54) is 16.3 Å². The molecule has 0 aliphatic rings. The third-order valence-corrected chi connectivity index (χ3v) is 4.00. The molecule has 0 saturated heterocycles. The molecule has 1 heterocycles. The van der Waals surface area contributed by atoms with Crippen molar-refractivity contribution in [2.24, 2.45) is 0 Å². The number of aromatic nitrogens is 3. The van der Waals surface area contributed by atoms with E-state index in [9.17, 15) is 9.59 Å². The van der Waals surface area contributed by atoms with Crippen molar-refractivity contribution in [3.05, 3.63) is 55.8 Å². The Morgan fingerprint density at radius 1 is 1.27 bits per heavy atom. The number of hydrogen-bond donors (Lipinski definition) is 0. The van der Waals surface area contributed by atoms with Crippen LogP contribution in [0.4, 0.5) is 0 Å². The first-order chi connectivity index (χ1) is 10.6. The zero-order valence-corrected chi connectivity index (χ0v) is 13.5. The van der Waals surface area contributed by atoms with Gasteiger partial charge in [0, 0.05) is 5.02 Å². The summed E-state index contributed by atoms with van der Waals surface area (Å²) in [5, 5.41) is 1.01. The Kier molecular flexibility index (Phi) is 5.47. The van der Waals surface area contributed by atoms with Crippen molar-refractivity contribution in [3.8, 4) is 12.3 Å². The number of benzene rings is 1. The summed E-state index contributed by atoms with van der Waals surface area (Å²) < 4.78 is 2.41. The molecule has 2 aromatic rings. The summed E-state index contributed by atoms with van der Waals surface area (Å²) in [5.41, 5.74) is -0.188. The van der Waals surface area contributed by atoms with Gasteiger partial charge in [-0.05, 0) is 23.4 Å². The average Bonchev–Trinajstić information content (AvgIpc) is 2.50. The van der Waals surface area contributed by atoms with Gasteiger partial charge in [0.25, 0.3) is 0 Å². The number of thioether (sulfide) groups is 1. The molecule has 0 unspecified atom stereocenters. The Morgan fingerprint density at radius 2 is 1.95 bits per heavy atom. The first-order valence-electron chi connectivity index (χ1n) is 6.59. The molecule has 114 valence electrons. The molecule has 1 aromatic heterocycles. The van der Waals surface area contributed by atoms with Crippen molar-refractivity contribution in [2.45, 2.75) is 25.2 Å². The number of terminal acetylenes is 1. The maximum Gasteiger partial charge on any atom is 0.354 e. The standard InChI is InChI=1S/C15H14ClN3O2S/c1-3-9-18-13(20)17-14(22-4-2)19(15(18)21)10-11-5-7-12(16)8-6-11/h1,5-8H,4,9-10H2,2H3. The van der Waals surface area contributed by atoms with Crippen LogP contribution in [0.25, 0.3) is 0 Å². The van der Waals surface area contributed by atoms with Gasteiger partial charge in [-0.1, -0.05) is 48.3 Å². The molecular formula is C15H14ClN3O2S. The highest BCUT2D eigenvalue weighted by Gasteiger charge is 2.13. The third-order valence-electron chi connectivity index (χ3n) is 2.89. The Balaban J connectivity index is 2.54. The number of halogens is 1. The van der Waals surface area contributed by atoms with Crippen LogP contribution in [0.15, 0.2) is 39.0 Å². The normalized spacial score (nSPS) is 10.4. The summed E-state index contributed by atoms with van der Waals surface area (Å²) in [6, 6.07) is 7.15. The van der Waals surface area contributed by atoms with Crippen LogP contribution < -0.4 is 11.4 Å². The molecule has 0 spiro atoms. The first kappa shape index (κ1) is 16.4. The number of nitrogens with zero attached hydrogens (tertiary/aromatic N) is 3. The van der Waals surface area contributed by atoms with E-state index in [0.29, 0.717) is 22.5 Å². The van der Waals surface area contributed by atoms with Crippen molar-refractivity contribution in [1.82, 2.24) is 14.1 Å². The van der Waals surface area contributed by atoms with Gasteiger partial charge in [0.15, 0.2) is 5.16 Å². The molecule has 0 fully saturated rings. The van der Waals surface area contributed by atoms with E-state index < -0.39 is 11.4 Å². The fraction of sp³-hybridized carbons (Fsp3) is 0.267. The van der Waals surface area contributed by atoms with Crippen LogP contribution in [0.1, 0.15) is 12.5 Å². The van der Waals surface area contributed by atoms with E-state index in [0.717, 1.165) is 10.1 Å². The van der Waals surface area contributed by atoms with Gasteiger partial charge in [-0.25, -0.2) is 14.2 Å². The van der Waals surface area contributed by atoms with Crippen LogP contribution in [-0.4, -0.2) is 19.9 Å². The second-order valence-corrected chi connectivity index (χ2v) is 6.06. The number of rotatable bonds is 5. The first-order valence-corrected chi connectivity index (χ1v) is 7.95. The molecule has 0 N–H and O–H groups in total. The molecule has 0 aliphatic heterocycles. The molecule has 2 rings (SSSR count). The van der Waals surface area contributed by atoms with Crippen LogP contribution in [-0.2, 0) is 13.1 Å². The quantitative estimate of drug-likeness (QED) is 0.618. The highest BCUT2D eigenvalue weighted by Crippen LogP contribution is 2.15. The van der Waals surface area contributed by atoms with Gasteiger partial charge >= 0.3 is 11.4 Å². The maximum absolute atomic E-state index is 12.5. The lowest BCUT2D eigenvalue weighted by Crippen LogP contribution is -2.42. The molecule has 22 heavy (non-hydrogen) atoms. The van der Waals surface area contributed by atoms with Gasteiger partial charge in [-0.15, -0.1) is 6.42 Å². The van der Waals surface area contributed by atoms with E-state index in [2.05, 4.69) is 10.9 Å². The summed E-state index contributed by atoms with van der Waals surface area (Å²) in [4.78, 5) is 28.4. The molecular weight excluding hydrogens is 322 g/mol. The van der Waals surface area contributed by atoms with Gasteiger partial charge in [-0.2, -0.15) is 4.98 Å². The van der Waals surface area contributed by atoms with Crippen LogP contribution >= 0.6 is 23.4 Å². The molecule has 7 heteroatoms. The minimum atomic E-state index is -0.619. The summed E-state index contributed by atoms with van der Waals surface area (Å²) in [6.45, 7) is 2.13. The summed E-state index contributed by atoms with van der Waals surface area (Å²) in [5.74, 6) is 3.00. The topological polar surface area (TPSA) is 56.9 Å². The van der Waals surface area contributed by atoms with Gasteiger partial charge in [0.2, 0.25) is 0 Å². The Bertz CT molecular complexity index is 819. The van der Waals surface area contributed by atoms with E-state index >= 15 is 0 Å². The van der Waals surface area contributed by atoms with Crippen molar-refractivity contribution in [3.63, 3.8) is 0 Å². The summed E-state index contributed by atoms with van der Waals surface area (Å²) in [6.07, 6.45) is 5.21. The Morgan fingerprint density at radius 3 is 2.55 bits per heavy atom.